The molecule has 0 spiro atoms. The molecule has 0 aromatic heterocycles. The minimum atomic E-state index is 0.746. The van der Waals surface area contributed by atoms with Crippen LogP contribution < -0.4 is 14.8 Å². The van der Waals surface area contributed by atoms with Crippen LogP contribution in [-0.2, 0) is 6.54 Å². The number of hydrogen-bond donors (Lipinski definition) is 1. The summed E-state index contributed by atoms with van der Waals surface area (Å²) in [6.45, 7) is 3.89. The predicted octanol–water partition coefficient (Wildman–Crippen LogP) is 5.12. The van der Waals surface area contributed by atoms with E-state index >= 15 is 0 Å². The van der Waals surface area contributed by atoms with Gasteiger partial charge in [-0.3, -0.25) is 0 Å². The number of rotatable bonds is 6. The first kappa shape index (κ1) is 16.3. The zero-order valence-electron chi connectivity index (χ0n) is 12.0. The minimum Gasteiger partial charge on any atom is -0.497 e. The Labute approximate surface area is 141 Å². The molecule has 0 aliphatic heterocycles. The van der Waals surface area contributed by atoms with E-state index in [4.69, 9.17) is 9.47 Å². The summed E-state index contributed by atoms with van der Waals surface area (Å²) in [5.41, 5.74) is 1.21. The Hall–Kier alpha value is -1.04. The van der Waals surface area contributed by atoms with Crippen molar-refractivity contribution in [3.8, 4) is 17.2 Å². The van der Waals surface area contributed by atoms with E-state index in [2.05, 4.69) is 56.2 Å². The van der Waals surface area contributed by atoms with E-state index in [0.717, 1.165) is 39.3 Å². The lowest BCUT2D eigenvalue weighted by Gasteiger charge is -2.12. The van der Waals surface area contributed by atoms with Gasteiger partial charge in [0.2, 0.25) is 0 Å². The molecule has 0 amide bonds. The van der Waals surface area contributed by atoms with E-state index in [1.165, 1.54) is 5.56 Å². The molecule has 0 saturated heterocycles. The standard InChI is InChI=1S/C16H17Br2NO2/c1-3-19-10-11-4-6-15(13(17)8-11)21-16-7-5-12(20-2)9-14(16)18/h4-9,19H,3,10H2,1-2H3. The maximum Gasteiger partial charge on any atom is 0.141 e. The summed E-state index contributed by atoms with van der Waals surface area (Å²) >= 11 is 7.04. The highest BCUT2D eigenvalue weighted by Gasteiger charge is 2.08. The monoisotopic (exact) mass is 413 g/mol. The van der Waals surface area contributed by atoms with Gasteiger partial charge in [0, 0.05) is 6.54 Å². The molecule has 0 fully saturated rings. The predicted molar refractivity (Wildman–Crippen MR) is 92.3 cm³/mol. The lowest BCUT2D eigenvalue weighted by Crippen LogP contribution is -2.11. The largest absolute Gasteiger partial charge is 0.497 e. The van der Waals surface area contributed by atoms with Gasteiger partial charge < -0.3 is 14.8 Å². The molecule has 2 aromatic carbocycles. The molecule has 0 heterocycles. The lowest BCUT2D eigenvalue weighted by atomic mass is 10.2. The third-order valence-corrected chi connectivity index (χ3v) is 4.17. The SMILES string of the molecule is CCNCc1ccc(Oc2ccc(OC)cc2Br)c(Br)c1. The zero-order valence-corrected chi connectivity index (χ0v) is 15.1. The Kier molecular flexibility index (Phi) is 6.08. The highest BCUT2D eigenvalue weighted by atomic mass is 79.9. The van der Waals surface area contributed by atoms with Gasteiger partial charge in [0.25, 0.3) is 0 Å². The molecule has 0 atom stereocenters. The fraction of sp³-hybridized carbons (Fsp3) is 0.250. The lowest BCUT2D eigenvalue weighted by molar-refractivity contribution is 0.412. The van der Waals surface area contributed by atoms with E-state index < -0.39 is 0 Å². The molecule has 1 N–H and O–H groups in total. The quantitative estimate of drug-likeness (QED) is 0.711. The van der Waals surface area contributed by atoms with Crippen molar-refractivity contribution in [1.29, 1.82) is 0 Å². The average molecular weight is 415 g/mol. The number of methoxy groups -OCH3 is 1. The minimum absolute atomic E-state index is 0.746. The van der Waals surface area contributed by atoms with Crippen molar-refractivity contribution in [3.05, 3.63) is 50.9 Å². The molecule has 2 rings (SSSR count). The fourth-order valence-electron chi connectivity index (χ4n) is 1.82. The Balaban J connectivity index is 2.16. The van der Waals surface area contributed by atoms with Gasteiger partial charge in [-0.2, -0.15) is 0 Å². The van der Waals surface area contributed by atoms with Crippen molar-refractivity contribution in [2.75, 3.05) is 13.7 Å². The maximum atomic E-state index is 5.93. The maximum absolute atomic E-state index is 5.93. The van der Waals surface area contributed by atoms with Gasteiger partial charge in [-0.05, 0) is 74.3 Å². The van der Waals surface area contributed by atoms with E-state index in [1.54, 1.807) is 7.11 Å². The molecular formula is C16H17Br2NO2. The van der Waals surface area contributed by atoms with Crippen LogP contribution in [0.15, 0.2) is 45.3 Å². The summed E-state index contributed by atoms with van der Waals surface area (Å²) in [4.78, 5) is 0. The highest BCUT2D eigenvalue weighted by Crippen LogP contribution is 2.36. The molecular weight excluding hydrogens is 398 g/mol. The van der Waals surface area contributed by atoms with E-state index in [9.17, 15) is 0 Å². The molecule has 0 bridgehead atoms. The number of benzene rings is 2. The van der Waals surface area contributed by atoms with Crippen molar-refractivity contribution in [2.45, 2.75) is 13.5 Å². The molecule has 0 unspecified atom stereocenters. The summed E-state index contributed by atoms with van der Waals surface area (Å²) in [7, 11) is 1.64. The van der Waals surface area contributed by atoms with Crippen molar-refractivity contribution < 1.29 is 9.47 Å². The number of nitrogens with one attached hydrogen (secondary N) is 1. The van der Waals surface area contributed by atoms with Gasteiger partial charge >= 0.3 is 0 Å². The molecule has 2 aromatic rings. The number of halogens is 2. The van der Waals surface area contributed by atoms with E-state index in [1.807, 2.05) is 24.3 Å². The van der Waals surface area contributed by atoms with Crippen LogP contribution in [0.4, 0.5) is 0 Å². The van der Waals surface area contributed by atoms with Crippen LogP contribution in [-0.4, -0.2) is 13.7 Å². The van der Waals surface area contributed by atoms with Gasteiger partial charge in [-0.15, -0.1) is 0 Å². The van der Waals surface area contributed by atoms with Gasteiger partial charge in [0.15, 0.2) is 0 Å². The molecule has 0 aliphatic carbocycles. The van der Waals surface area contributed by atoms with Gasteiger partial charge in [0.1, 0.15) is 17.2 Å². The fourth-order valence-corrected chi connectivity index (χ4v) is 2.76. The summed E-state index contributed by atoms with van der Waals surface area (Å²) in [6.07, 6.45) is 0. The van der Waals surface area contributed by atoms with Gasteiger partial charge in [-0.1, -0.05) is 13.0 Å². The number of hydrogen-bond acceptors (Lipinski definition) is 3. The third-order valence-electron chi connectivity index (χ3n) is 2.93. The first-order valence-electron chi connectivity index (χ1n) is 6.64. The summed E-state index contributed by atoms with van der Waals surface area (Å²) < 4.78 is 12.9. The van der Waals surface area contributed by atoms with Crippen LogP contribution in [0.2, 0.25) is 0 Å². The molecule has 5 heteroatoms. The van der Waals surface area contributed by atoms with Crippen LogP contribution in [0, 0.1) is 0 Å². The number of ether oxygens (including phenoxy) is 2. The van der Waals surface area contributed by atoms with Gasteiger partial charge in [0.05, 0.1) is 16.1 Å². The van der Waals surface area contributed by atoms with E-state index in [0.29, 0.717) is 0 Å². The molecule has 0 aliphatic rings. The van der Waals surface area contributed by atoms with Crippen LogP contribution >= 0.6 is 31.9 Å². The normalized spacial score (nSPS) is 10.5. The van der Waals surface area contributed by atoms with Crippen molar-refractivity contribution in [2.24, 2.45) is 0 Å². The Morgan fingerprint density at radius 1 is 1.00 bits per heavy atom. The Morgan fingerprint density at radius 2 is 1.67 bits per heavy atom. The summed E-state index contributed by atoms with van der Waals surface area (Å²) in [6, 6.07) is 11.7. The van der Waals surface area contributed by atoms with Gasteiger partial charge in [-0.25, -0.2) is 0 Å². The molecule has 21 heavy (non-hydrogen) atoms. The van der Waals surface area contributed by atoms with E-state index in [-0.39, 0.29) is 0 Å². The van der Waals surface area contributed by atoms with Crippen LogP contribution in [0.5, 0.6) is 17.2 Å². The first-order chi connectivity index (χ1) is 10.1. The second-order valence-electron chi connectivity index (χ2n) is 4.44. The van der Waals surface area contributed by atoms with Crippen LogP contribution in [0.1, 0.15) is 12.5 Å². The van der Waals surface area contributed by atoms with Crippen LogP contribution in [0.25, 0.3) is 0 Å². The third kappa shape index (κ3) is 4.46. The highest BCUT2D eigenvalue weighted by molar-refractivity contribution is 9.11. The second-order valence-corrected chi connectivity index (χ2v) is 6.15. The van der Waals surface area contributed by atoms with Crippen molar-refractivity contribution in [1.82, 2.24) is 5.32 Å². The summed E-state index contributed by atoms with van der Waals surface area (Å²) in [5.74, 6) is 2.31. The summed E-state index contributed by atoms with van der Waals surface area (Å²) in [5, 5.41) is 3.30. The molecule has 112 valence electrons. The topological polar surface area (TPSA) is 30.5 Å². The first-order valence-corrected chi connectivity index (χ1v) is 8.23. The smallest absolute Gasteiger partial charge is 0.141 e. The van der Waals surface area contributed by atoms with Crippen molar-refractivity contribution >= 4 is 31.9 Å². The molecule has 0 saturated carbocycles. The van der Waals surface area contributed by atoms with Crippen LogP contribution in [0.3, 0.4) is 0 Å². The molecule has 0 radical (unpaired) electrons. The zero-order chi connectivity index (χ0) is 15.2. The molecule has 3 nitrogen and oxygen atoms in total. The second kappa shape index (κ2) is 7.82. The Morgan fingerprint density at radius 3 is 2.24 bits per heavy atom. The van der Waals surface area contributed by atoms with Crippen molar-refractivity contribution in [3.63, 3.8) is 0 Å². The average Bonchev–Trinajstić information content (AvgIpc) is 2.49. The Bertz CT molecular complexity index is 617.